The number of aromatic nitrogens is 1. The average molecular weight is 275 g/mol. The summed E-state index contributed by atoms with van der Waals surface area (Å²) >= 11 is 6.19. The van der Waals surface area contributed by atoms with Crippen molar-refractivity contribution >= 4 is 28.6 Å². The van der Waals surface area contributed by atoms with Crippen molar-refractivity contribution in [2.24, 2.45) is 0 Å². The molecule has 0 saturated heterocycles. The predicted octanol–water partition coefficient (Wildman–Crippen LogP) is 4.29. The number of nitrogens with one attached hydrogen (secondary N) is 1. The summed E-state index contributed by atoms with van der Waals surface area (Å²) in [5.74, 6) is 0. The second-order valence-electron chi connectivity index (χ2n) is 4.70. The largest absolute Gasteiger partial charge is 0.313 e. The first-order valence-electron chi connectivity index (χ1n) is 6.63. The highest BCUT2D eigenvalue weighted by Gasteiger charge is 2.03. The van der Waals surface area contributed by atoms with Crippen molar-refractivity contribution in [2.75, 3.05) is 13.1 Å². The zero-order chi connectivity index (χ0) is 13.7. The van der Waals surface area contributed by atoms with Gasteiger partial charge in [0.15, 0.2) is 0 Å². The molecule has 1 aromatic carbocycles. The molecule has 2 rings (SSSR count). The Balaban J connectivity index is 2.30. The van der Waals surface area contributed by atoms with Crippen molar-refractivity contribution in [3.05, 3.63) is 46.6 Å². The Bertz CT molecular complexity index is 590. The monoisotopic (exact) mass is 274 g/mol. The summed E-state index contributed by atoms with van der Waals surface area (Å²) in [6.45, 7) is 6.25. The highest BCUT2D eigenvalue weighted by molar-refractivity contribution is 6.35. The molecule has 19 heavy (non-hydrogen) atoms. The lowest BCUT2D eigenvalue weighted by molar-refractivity contribution is 0.715. The molecular weight excluding hydrogens is 256 g/mol. The van der Waals surface area contributed by atoms with E-state index in [9.17, 15) is 0 Å². The maximum Gasteiger partial charge on any atom is 0.0789 e. The molecule has 2 nitrogen and oxygen atoms in total. The summed E-state index contributed by atoms with van der Waals surface area (Å²) in [7, 11) is 0. The summed E-state index contributed by atoms with van der Waals surface area (Å²) in [5, 5.41) is 5.16. The maximum absolute atomic E-state index is 6.19. The van der Waals surface area contributed by atoms with E-state index in [1.807, 2.05) is 24.3 Å². The van der Waals surface area contributed by atoms with Gasteiger partial charge >= 0.3 is 0 Å². The summed E-state index contributed by atoms with van der Waals surface area (Å²) in [4.78, 5) is 4.44. The standard InChI is InChI=1S/C16H19ClN2/c1-3-8-18-11-12(2)10-13-6-7-15(17)14-5-4-9-19-16(13)14/h4-7,9-10,18H,3,8,11H2,1-2H3/b12-10+. The fraction of sp³-hybridized carbons (Fsp3) is 0.312. The van der Waals surface area contributed by atoms with Gasteiger partial charge in [0.2, 0.25) is 0 Å². The summed E-state index contributed by atoms with van der Waals surface area (Å²) in [6.07, 6.45) is 5.13. The van der Waals surface area contributed by atoms with Gasteiger partial charge in [0, 0.05) is 23.7 Å². The molecule has 100 valence electrons. The van der Waals surface area contributed by atoms with E-state index in [0.717, 1.165) is 41.0 Å². The van der Waals surface area contributed by atoms with Gasteiger partial charge in [0.1, 0.15) is 0 Å². The number of rotatable bonds is 5. The molecule has 0 amide bonds. The van der Waals surface area contributed by atoms with Gasteiger partial charge in [-0.3, -0.25) is 4.98 Å². The van der Waals surface area contributed by atoms with Gasteiger partial charge in [-0.15, -0.1) is 0 Å². The third-order valence-corrected chi connectivity index (χ3v) is 3.31. The third-order valence-electron chi connectivity index (χ3n) is 2.98. The normalized spacial score (nSPS) is 12.1. The van der Waals surface area contributed by atoms with Gasteiger partial charge in [-0.2, -0.15) is 0 Å². The summed E-state index contributed by atoms with van der Waals surface area (Å²) in [6, 6.07) is 7.88. The van der Waals surface area contributed by atoms with Gasteiger partial charge < -0.3 is 5.32 Å². The zero-order valence-electron chi connectivity index (χ0n) is 11.4. The lowest BCUT2D eigenvalue weighted by atomic mass is 10.1. The molecule has 0 saturated carbocycles. The molecule has 0 aliphatic heterocycles. The van der Waals surface area contributed by atoms with Gasteiger partial charge in [-0.25, -0.2) is 0 Å². The number of halogens is 1. The van der Waals surface area contributed by atoms with Crippen LogP contribution in [0.15, 0.2) is 36.0 Å². The van der Waals surface area contributed by atoms with Crippen LogP contribution >= 0.6 is 11.6 Å². The second kappa shape index (κ2) is 6.69. The van der Waals surface area contributed by atoms with Gasteiger partial charge in [0.25, 0.3) is 0 Å². The van der Waals surface area contributed by atoms with Crippen molar-refractivity contribution in [3.8, 4) is 0 Å². The fourth-order valence-corrected chi connectivity index (χ4v) is 2.27. The second-order valence-corrected chi connectivity index (χ2v) is 5.11. The van der Waals surface area contributed by atoms with Crippen LogP contribution in [0.5, 0.6) is 0 Å². The molecular formula is C16H19ClN2. The number of nitrogens with zero attached hydrogens (tertiary/aromatic N) is 1. The number of hydrogen-bond acceptors (Lipinski definition) is 2. The lowest BCUT2D eigenvalue weighted by Crippen LogP contribution is -2.16. The van der Waals surface area contributed by atoms with E-state index in [4.69, 9.17) is 11.6 Å². The quantitative estimate of drug-likeness (QED) is 0.823. The first-order valence-corrected chi connectivity index (χ1v) is 7.01. The first kappa shape index (κ1) is 14.0. The van der Waals surface area contributed by atoms with E-state index < -0.39 is 0 Å². The van der Waals surface area contributed by atoms with E-state index in [2.05, 4.69) is 30.2 Å². The summed E-state index contributed by atoms with van der Waals surface area (Å²) in [5.41, 5.74) is 3.38. The third kappa shape index (κ3) is 3.55. The topological polar surface area (TPSA) is 24.9 Å². The molecule has 2 aromatic rings. The van der Waals surface area contributed by atoms with Gasteiger partial charge in [-0.05, 0) is 38.1 Å². The highest BCUT2D eigenvalue weighted by Crippen LogP contribution is 2.26. The Labute approximate surface area is 119 Å². The van der Waals surface area contributed by atoms with E-state index in [1.165, 1.54) is 5.57 Å². The molecule has 0 aliphatic carbocycles. The van der Waals surface area contributed by atoms with Gasteiger partial charge in [-0.1, -0.05) is 36.2 Å². The van der Waals surface area contributed by atoms with Crippen molar-refractivity contribution in [1.29, 1.82) is 0 Å². The van der Waals surface area contributed by atoms with Crippen LogP contribution in [0, 0.1) is 0 Å². The Morgan fingerprint density at radius 1 is 1.37 bits per heavy atom. The first-order chi connectivity index (χ1) is 9.22. The van der Waals surface area contributed by atoms with E-state index in [1.54, 1.807) is 6.20 Å². The molecule has 0 fully saturated rings. The fourth-order valence-electron chi connectivity index (χ4n) is 2.06. The van der Waals surface area contributed by atoms with Crippen LogP contribution in [0.3, 0.4) is 0 Å². The Morgan fingerprint density at radius 2 is 2.21 bits per heavy atom. The SMILES string of the molecule is CCCNC/C(C)=C/c1ccc(Cl)c2cccnc12. The molecule has 0 radical (unpaired) electrons. The Kier molecular flexibility index (Phi) is 4.94. The molecule has 0 spiro atoms. The average Bonchev–Trinajstić information content (AvgIpc) is 2.43. The number of pyridine rings is 1. The van der Waals surface area contributed by atoms with Crippen LogP contribution in [0.2, 0.25) is 5.02 Å². The van der Waals surface area contributed by atoms with Crippen molar-refractivity contribution < 1.29 is 0 Å². The van der Waals surface area contributed by atoms with Crippen molar-refractivity contribution in [2.45, 2.75) is 20.3 Å². The maximum atomic E-state index is 6.19. The molecule has 1 heterocycles. The minimum absolute atomic E-state index is 0.752. The van der Waals surface area contributed by atoms with Crippen molar-refractivity contribution in [3.63, 3.8) is 0 Å². The number of fused-ring (bicyclic) bond motifs is 1. The van der Waals surface area contributed by atoms with Crippen LogP contribution in [-0.2, 0) is 0 Å². The van der Waals surface area contributed by atoms with Gasteiger partial charge in [0.05, 0.1) is 10.5 Å². The highest BCUT2D eigenvalue weighted by atomic mass is 35.5. The van der Waals surface area contributed by atoms with Crippen molar-refractivity contribution in [1.82, 2.24) is 10.3 Å². The van der Waals surface area contributed by atoms with Crippen LogP contribution in [0.4, 0.5) is 0 Å². The molecule has 0 aliphatic rings. The van der Waals surface area contributed by atoms with E-state index in [0.29, 0.717) is 0 Å². The minimum Gasteiger partial charge on any atom is -0.313 e. The molecule has 0 unspecified atom stereocenters. The smallest absolute Gasteiger partial charge is 0.0789 e. The molecule has 0 bridgehead atoms. The Hall–Kier alpha value is -1.38. The lowest BCUT2D eigenvalue weighted by Gasteiger charge is -2.06. The summed E-state index contributed by atoms with van der Waals surface area (Å²) < 4.78 is 0. The van der Waals surface area contributed by atoms with Crippen LogP contribution < -0.4 is 5.32 Å². The molecule has 1 N–H and O–H groups in total. The Morgan fingerprint density at radius 3 is 3.00 bits per heavy atom. The number of benzene rings is 1. The minimum atomic E-state index is 0.752. The van der Waals surface area contributed by atoms with E-state index >= 15 is 0 Å². The van der Waals surface area contributed by atoms with Crippen LogP contribution in [0.1, 0.15) is 25.8 Å². The molecule has 0 atom stereocenters. The molecule has 1 aromatic heterocycles. The molecule has 3 heteroatoms. The number of hydrogen-bond donors (Lipinski definition) is 1. The van der Waals surface area contributed by atoms with Crippen LogP contribution in [0.25, 0.3) is 17.0 Å². The van der Waals surface area contributed by atoms with E-state index in [-0.39, 0.29) is 0 Å². The zero-order valence-corrected chi connectivity index (χ0v) is 12.2. The van der Waals surface area contributed by atoms with Crippen LogP contribution in [-0.4, -0.2) is 18.1 Å². The predicted molar refractivity (Wildman–Crippen MR) is 83.6 cm³/mol.